The fourth-order valence-corrected chi connectivity index (χ4v) is 2.19. The van der Waals surface area contributed by atoms with Crippen LogP contribution in [0.1, 0.15) is 39.4 Å². The van der Waals surface area contributed by atoms with Crippen LogP contribution < -0.4 is 5.73 Å². The molecule has 1 atom stereocenters. The predicted octanol–water partition coefficient (Wildman–Crippen LogP) is 1.60. The zero-order chi connectivity index (χ0) is 11.8. The van der Waals surface area contributed by atoms with E-state index in [1.165, 1.54) is 12.8 Å². The van der Waals surface area contributed by atoms with Crippen LogP contribution in [0.3, 0.4) is 0 Å². The third-order valence-corrected chi connectivity index (χ3v) is 3.60. The highest BCUT2D eigenvalue weighted by atomic mass is 15.3. The van der Waals surface area contributed by atoms with Crippen LogP contribution in [0.25, 0.3) is 0 Å². The number of nitrogens with zero attached hydrogens (tertiary/aromatic N) is 3. The molecule has 1 aromatic heterocycles. The van der Waals surface area contributed by atoms with Crippen molar-refractivity contribution in [2.24, 2.45) is 17.1 Å². The highest BCUT2D eigenvalue weighted by Crippen LogP contribution is 2.50. The maximum atomic E-state index is 6.04. The van der Waals surface area contributed by atoms with E-state index in [0.29, 0.717) is 11.3 Å². The number of nitrogens with two attached hydrogens (primary N) is 1. The molecular weight excluding hydrogens is 200 g/mol. The number of aromatic nitrogens is 3. The van der Waals surface area contributed by atoms with Crippen molar-refractivity contribution in [3.63, 3.8) is 0 Å². The van der Waals surface area contributed by atoms with Gasteiger partial charge in [-0.1, -0.05) is 13.8 Å². The van der Waals surface area contributed by atoms with Crippen molar-refractivity contribution in [2.45, 2.75) is 52.6 Å². The Bertz CT molecular complexity index is 350. The monoisotopic (exact) mass is 222 g/mol. The summed E-state index contributed by atoms with van der Waals surface area (Å²) in [6.07, 6.45) is 5.12. The van der Waals surface area contributed by atoms with Crippen LogP contribution in [0.15, 0.2) is 6.33 Å². The minimum atomic E-state index is 0.261. The summed E-state index contributed by atoms with van der Waals surface area (Å²) in [5, 5.41) is 4.29. The van der Waals surface area contributed by atoms with Gasteiger partial charge in [0, 0.05) is 19.0 Å². The normalized spacial score (nSPS) is 20.1. The summed E-state index contributed by atoms with van der Waals surface area (Å²) in [7, 11) is 0. The second-order valence-electron chi connectivity index (χ2n) is 5.58. The molecule has 0 saturated heterocycles. The molecule has 1 unspecified atom stereocenters. The second-order valence-corrected chi connectivity index (χ2v) is 5.58. The largest absolute Gasteiger partial charge is 0.327 e. The summed E-state index contributed by atoms with van der Waals surface area (Å²) in [6, 6.07) is 0.261. The van der Waals surface area contributed by atoms with Gasteiger partial charge in [-0.2, -0.15) is 5.10 Å². The Morgan fingerprint density at radius 1 is 1.44 bits per heavy atom. The molecule has 1 fully saturated rings. The van der Waals surface area contributed by atoms with Gasteiger partial charge in [0.25, 0.3) is 0 Å². The molecule has 0 aromatic carbocycles. The van der Waals surface area contributed by atoms with Crippen molar-refractivity contribution in [3.8, 4) is 0 Å². The molecular formula is C12H22N4. The molecule has 1 saturated carbocycles. The zero-order valence-electron chi connectivity index (χ0n) is 10.5. The first-order chi connectivity index (χ1) is 7.53. The van der Waals surface area contributed by atoms with Crippen molar-refractivity contribution in [2.75, 3.05) is 0 Å². The van der Waals surface area contributed by atoms with E-state index in [1.807, 2.05) is 4.68 Å². The molecule has 0 spiro atoms. The molecule has 1 aromatic rings. The Morgan fingerprint density at radius 2 is 2.12 bits per heavy atom. The fourth-order valence-electron chi connectivity index (χ4n) is 2.19. The van der Waals surface area contributed by atoms with Gasteiger partial charge < -0.3 is 5.73 Å². The third kappa shape index (κ3) is 2.26. The Labute approximate surface area is 97.2 Å². The third-order valence-electron chi connectivity index (χ3n) is 3.60. The van der Waals surface area contributed by atoms with E-state index >= 15 is 0 Å². The van der Waals surface area contributed by atoms with E-state index in [1.54, 1.807) is 6.33 Å². The first kappa shape index (κ1) is 11.6. The van der Waals surface area contributed by atoms with Crippen LogP contribution in [0, 0.1) is 11.3 Å². The van der Waals surface area contributed by atoms with Gasteiger partial charge in [-0.25, -0.2) is 9.67 Å². The summed E-state index contributed by atoms with van der Waals surface area (Å²) in [5.74, 6) is 1.70. The molecule has 4 heteroatoms. The van der Waals surface area contributed by atoms with Crippen LogP contribution in [0.5, 0.6) is 0 Å². The van der Waals surface area contributed by atoms with Crippen molar-refractivity contribution in [1.29, 1.82) is 0 Å². The van der Waals surface area contributed by atoms with Crippen molar-refractivity contribution < 1.29 is 0 Å². The van der Waals surface area contributed by atoms with Gasteiger partial charge in [0.1, 0.15) is 12.2 Å². The van der Waals surface area contributed by atoms with E-state index in [0.717, 1.165) is 18.8 Å². The topological polar surface area (TPSA) is 56.7 Å². The summed E-state index contributed by atoms with van der Waals surface area (Å²) >= 11 is 0. The molecule has 1 aliphatic rings. The van der Waals surface area contributed by atoms with Crippen molar-refractivity contribution in [1.82, 2.24) is 14.8 Å². The molecule has 0 radical (unpaired) electrons. The predicted molar refractivity (Wildman–Crippen MR) is 63.9 cm³/mol. The van der Waals surface area contributed by atoms with Crippen LogP contribution in [-0.4, -0.2) is 20.8 Å². The van der Waals surface area contributed by atoms with Crippen LogP contribution >= 0.6 is 0 Å². The van der Waals surface area contributed by atoms with Crippen LogP contribution in [0.2, 0.25) is 0 Å². The molecule has 1 aliphatic carbocycles. The highest BCUT2D eigenvalue weighted by molar-refractivity contribution is 5.06. The fraction of sp³-hybridized carbons (Fsp3) is 0.833. The average Bonchev–Trinajstić information content (AvgIpc) is 2.85. The average molecular weight is 222 g/mol. The molecule has 4 nitrogen and oxygen atoms in total. The number of rotatable bonds is 5. The zero-order valence-corrected chi connectivity index (χ0v) is 10.5. The maximum absolute atomic E-state index is 6.04. The van der Waals surface area contributed by atoms with E-state index in [-0.39, 0.29) is 6.04 Å². The maximum Gasteiger partial charge on any atom is 0.138 e. The Hall–Kier alpha value is -0.900. The minimum Gasteiger partial charge on any atom is -0.327 e. The lowest BCUT2D eigenvalue weighted by molar-refractivity contribution is 0.385. The van der Waals surface area contributed by atoms with Gasteiger partial charge in [0.05, 0.1) is 0 Å². The van der Waals surface area contributed by atoms with Crippen LogP contribution in [-0.2, 0) is 13.0 Å². The lowest BCUT2D eigenvalue weighted by Crippen LogP contribution is -2.31. The summed E-state index contributed by atoms with van der Waals surface area (Å²) < 4.78 is 2.03. The Morgan fingerprint density at radius 3 is 2.62 bits per heavy atom. The molecule has 2 N–H and O–H groups in total. The highest BCUT2D eigenvalue weighted by Gasteiger charge is 2.46. The first-order valence-electron chi connectivity index (χ1n) is 6.16. The second kappa shape index (κ2) is 4.17. The van der Waals surface area contributed by atoms with Gasteiger partial charge in [0.15, 0.2) is 0 Å². The van der Waals surface area contributed by atoms with Gasteiger partial charge in [-0.05, 0) is 31.1 Å². The van der Waals surface area contributed by atoms with Gasteiger partial charge >= 0.3 is 0 Å². The summed E-state index contributed by atoms with van der Waals surface area (Å²) in [5.41, 5.74) is 6.35. The quantitative estimate of drug-likeness (QED) is 0.823. The lowest BCUT2D eigenvalue weighted by Gasteiger charge is -2.19. The number of hydrogen-bond acceptors (Lipinski definition) is 3. The van der Waals surface area contributed by atoms with Crippen molar-refractivity contribution in [3.05, 3.63) is 12.2 Å². The molecule has 16 heavy (non-hydrogen) atoms. The first-order valence-corrected chi connectivity index (χ1v) is 6.16. The molecule has 90 valence electrons. The molecule has 2 rings (SSSR count). The SMILES string of the molecule is CC(C)Cn1ncnc1CC1(C(C)N)CC1. The molecule has 0 aliphatic heterocycles. The van der Waals surface area contributed by atoms with E-state index in [9.17, 15) is 0 Å². The minimum absolute atomic E-state index is 0.261. The van der Waals surface area contributed by atoms with E-state index in [2.05, 4.69) is 30.9 Å². The van der Waals surface area contributed by atoms with Crippen molar-refractivity contribution >= 4 is 0 Å². The van der Waals surface area contributed by atoms with Gasteiger partial charge in [-0.15, -0.1) is 0 Å². The lowest BCUT2D eigenvalue weighted by atomic mass is 9.94. The molecule has 0 amide bonds. The van der Waals surface area contributed by atoms with Crippen LogP contribution in [0.4, 0.5) is 0 Å². The van der Waals surface area contributed by atoms with Gasteiger partial charge in [-0.3, -0.25) is 0 Å². The summed E-state index contributed by atoms with van der Waals surface area (Å²) in [4.78, 5) is 4.37. The molecule has 1 heterocycles. The van der Waals surface area contributed by atoms with E-state index < -0.39 is 0 Å². The standard InChI is InChI=1S/C12H22N4/c1-9(2)7-16-11(14-8-15-16)6-12(4-5-12)10(3)13/h8-10H,4-7,13H2,1-3H3. The number of hydrogen-bond donors (Lipinski definition) is 1. The van der Waals surface area contributed by atoms with E-state index in [4.69, 9.17) is 5.73 Å². The Kier molecular flexibility index (Phi) is 3.02. The molecule has 0 bridgehead atoms. The summed E-state index contributed by atoms with van der Waals surface area (Å²) in [6.45, 7) is 7.45. The van der Waals surface area contributed by atoms with Gasteiger partial charge in [0.2, 0.25) is 0 Å². The smallest absolute Gasteiger partial charge is 0.138 e. The Balaban J connectivity index is 2.07.